The van der Waals surface area contributed by atoms with Gasteiger partial charge >= 0.3 is 5.97 Å². The summed E-state index contributed by atoms with van der Waals surface area (Å²) in [4.78, 5) is 25.1. The van der Waals surface area contributed by atoms with E-state index in [0.717, 1.165) is 36.5 Å². The molecule has 132 valence electrons. The van der Waals surface area contributed by atoms with Crippen molar-refractivity contribution in [1.29, 1.82) is 0 Å². The molecule has 0 bridgehead atoms. The Bertz CT molecular complexity index is 722. The van der Waals surface area contributed by atoms with Crippen molar-refractivity contribution in [1.82, 2.24) is 4.90 Å². The summed E-state index contributed by atoms with van der Waals surface area (Å²) >= 11 is 0. The van der Waals surface area contributed by atoms with Crippen molar-refractivity contribution in [3.63, 3.8) is 0 Å². The lowest BCUT2D eigenvalue weighted by Crippen LogP contribution is -2.40. The Hall–Kier alpha value is -2.56. The third-order valence-corrected chi connectivity index (χ3v) is 4.64. The smallest absolute Gasteiger partial charge is 0.303 e. The highest BCUT2D eigenvalue weighted by Crippen LogP contribution is 2.23. The van der Waals surface area contributed by atoms with Gasteiger partial charge in [0.2, 0.25) is 5.91 Å². The minimum absolute atomic E-state index is 0.0727. The maximum Gasteiger partial charge on any atom is 0.303 e. The molecule has 1 aliphatic rings. The molecule has 25 heavy (non-hydrogen) atoms. The number of nitrogens with zero attached hydrogens (tertiary/aromatic N) is 1. The second kappa shape index (κ2) is 8.01. The van der Waals surface area contributed by atoms with Crippen LogP contribution in [-0.2, 0) is 16.0 Å². The number of carboxylic acid groups (broad SMARTS) is 1. The number of carbonyl (C=O) groups excluding carboxylic acids is 1. The second-order valence-corrected chi connectivity index (χ2v) is 6.58. The summed E-state index contributed by atoms with van der Waals surface area (Å²) in [5.74, 6) is 0.966. The number of piperidine rings is 1. The van der Waals surface area contributed by atoms with Crippen LogP contribution in [0.3, 0.4) is 0 Å². The van der Waals surface area contributed by atoms with E-state index >= 15 is 0 Å². The van der Waals surface area contributed by atoms with Crippen molar-refractivity contribution in [2.75, 3.05) is 13.1 Å². The lowest BCUT2D eigenvalue weighted by atomic mass is 9.94. The van der Waals surface area contributed by atoms with Crippen LogP contribution in [0.25, 0.3) is 11.3 Å². The Kier molecular flexibility index (Phi) is 5.53. The normalized spacial score (nSPS) is 17.4. The first kappa shape index (κ1) is 17.3. The fraction of sp³-hybridized carbons (Fsp3) is 0.400. The van der Waals surface area contributed by atoms with Crippen LogP contribution in [0.2, 0.25) is 0 Å². The monoisotopic (exact) mass is 341 g/mol. The van der Waals surface area contributed by atoms with Gasteiger partial charge in [0.05, 0.1) is 0 Å². The standard InChI is InChI=1S/C20H23NO4/c22-19(21-12-4-5-15(14-21)13-20(23)24)11-9-17-8-10-18(25-17)16-6-2-1-3-7-16/h1-3,6-8,10,15H,4-5,9,11-14H2,(H,23,24)/t15-/m1/s1. The molecule has 1 atom stereocenters. The number of carbonyl (C=O) groups is 2. The summed E-state index contributed by atoms with van der Waals surface area (Å²) in [6.07, 6.45) is 2.85. The minimum Gasteiger partial charge on any atom is -0.481 e. The minimum atomic E-state index is -0.789. The number of likely N-dealkylation sites (tertiary alicyclic amines) is 1. The highest BCUT2D eigenvalue weighted by Gasteiger charge is 2.25. The van der Waals surface area contributed by atoms with Gasteiger partial charge in [-0.2, -0.15) is 0 Å². The first-order chi connectivity index (χ1) is 12.1. The van der Waals surface area contributed by atoms with E-state index in [1.54, 1.807) is 4.90 Å². The highest BCUT2D eigenvalue weighted by molar-refractivity contribution is 5.76. The van der Waals surface area contributed by atoms with Crippen LogP contribution in [0.4, 0.5) is 0 Å². The number of amides is 1. The number of aliphatic carboxylic acids is 1. The van der Waals surface area contributed by atoms with Gasteiger partial charge in [-0.3, -0.25) is 9.59 Å². The van der Waals surface area contributed by atoms with Crippen molar-refractivity contribution in [3.05, 3.63) is 48.2 Å². The van der Waals surface area contributed by atoms with E-state index in [1.807, 2.05) is 42.5 Å². The molecule has 2 heterocycles. The van der Waals surface area contributed by atoms with E-state index in [1.165, 1.54) is 0 Å². The number of benzene rings is 1. The van der Waals surface area contributed by atoms with E-state index in [9.17, 15) is 9.59 Å². The quantitative estimate of drug-likeness (QED) is 0.871. The van der Waals surface area contributed by atoms with Crippen molar-refractivity contribution >= 4 is 11.9 Å². The van der Waals surface area contributed by atoms with Crippen LogP contribution in [-0.4, -0.2) is 35.0 Å². The lowest BCUT2D eigenvalue weighted by molar-refractivity contribution is -0.140. The zero-order valence-electron chi connectivity index (χ0n) is 14.2. The number of hydrogen-bond acceptors (Lipinski definition) is 3. The summed E-state index contributed by atoms with van der Waals surface area (Å²) in [7, 11) is 0. The fourth-order valence-corrected chi connectivity index (χ4v) is 3.36. The van der Waals surface area contributed by atoms with Crippen molar-refractivity contribution < 1.29 is 19.1 Å². The summed E-state index contributed by atoms with van der Waals surface area (Å²) in [5.41, 5.74) is 1.02. The van der Waals surface area contributed by atoms with Crippen molar-refractivity contribution in [2.45, 2.75) is 32.1 Å². The van der Waals surface area contributed by atoms with Gasteiger partial charge in [-0.05, 0) is 30.9 Å². The molecule has 1 aromatic carbocycles. The molecule has 2 aromatic rings. The van der Waals surface area contributed by atoms with Gasteiger partial charge in [0.15, 0.2) is 0 Å². The van der Waals surface area contributed by atoms with Crippen LogP contribution < -0.4 is 0 Å². The molecule has 1 N–H and O–H groups in total. The highest BCUT2D eigenvalue weighted by atomic mass is 16.4. The Morgan fingerprint density at radius 1 is 1.16 bits per heavy atom. The van der Waals surface area contributed by atoms with Gasteiger partial charge in [0, 0.05) is 37.9 Å². The van der Waals surface area contributed by atoms with Gasteiger partial charge in [0.25, 0.3) is 0 Å². The molecular weight excluding hydrogens is 318 g/mol. The summed E-state index contributed by atoms with van der Waals surface area (Å²) in [6, 6.07) is 13.7. The molecule has 0 saturated carbocycles. The largest absolute Gasteiger partial charge is 0.481 e. The van der Waals surface area contributed by atoms with Gasteiger partial charge in [-0.15, -0.1) is 0 Å². The molecule has 5 nitrogen and oxygen atoms in total. The lowest BCUT2D eigenvalue weighted by Gasteiger charge is -2.32. The van der Waals surface area contributed by atoms with Crippen molar-refractivity contribution in [2.24, 2.45) is 5.92 Å². The van der Waals surface area contributed by atoms with Gasteiger partial charge < -0.3 is 14.4 Å². The van der Waals surface area contributed by atoms with Crippen molar-refractivity contribution in [3.8, 4) is 11.3 Å². The van der Waals surface area contributed by atoms with Gasteiger partial charge in [-0.25, -0.2) is 0 Å². The van der Waals surface area contributed by atoms with Crippen LogP contribution in [0.1, 0.15) is 31.4 Å². The van der Waals surface area contributed by atoms with Gasteiger partial charge in [-0.1, -0.05) is 30.3 Å². The molecular formula is C20H23NO4. The molecule has 0 radical (unpaired) electrons. The molecule has 0 aliphatic carbocycles. The molecule has 1 aliphatic heterocycles. The van der Waals surface area contributed by atoms with E-state index in [0.29, 0.717) is 19.4 Å². The first-order valence-corrected chi connectivity index (χ1v) is 8.75. The summed E-state index contributed by atoms with van der Waals surface area (Å²) < 4.78 is 5.83. The predicted octanol–water partition coefficient (Wildman–Crippen LogP) is 3.59. The van der Waals surface area contributed by atoms with E-state index in [2.05, 4.69) is 0 Å². The SMILES string of the molecule is O=C(O)C[C@H]1CCCN(C(=O)CCc2ccc(-c3ccccc3)o2)C1. The maximum atomic E-state index is 12.4. The topological polar surface area (TPSA) is 70.8 Å². The first-order valence-electron chi connectivity index (χ1n) is 8.75. The predicted molar refractivity (Wildman–Crippen MR) is 94.0 cm³/mol. The van der Waals surface area contributed by atoms with Gasteiger partial charge in [0.1, 0.15) is 11.5 Å². The number of furan rings is 1. The molecule has 1 saturated heterocycles. The Morgan fingerprint density at radius 2 is 1.96 bits per heavy atom. The second-order valence-electron chi connectivity index (χ2n) is 6.58. The zero-order valence-corrected chi connectivity index (χ0v) is 14.2. The van der Waals surface area contributed by atoms with E-state index in [4.69, 9.17) is 9.52 Å². The molecule has 3 rings (SSSR count). The number of rotatable bonds is 6. The third kappa shape index (κ3) is 4.72. The Balaban J connectivity index is 1.52. The van der Waals surface area contributed by atoms with Crippen LogP contribution >= 0.6 is 0 Å². The molecule has 0 unspecified atom stereocenters. The van der Waals surface area contributed by atoms with Crippen LogP contribution in [0.5, 0.6) is 0 Å². The Morgan fingerprint density at radius 3 is 2.72 bits per heavy atom. The Labute approximate surface area is 147 Å². The molecule has 1 amide bonds. The van der Waals surface area contributed by atoms with Crippen LogP contribution in [0.15, 0.2) is 46.9 Å². The van der Waals surface area contributed by atoms with E-state index < -0.39 is 5.97 Å². The summed E-state index contributed by atoms with van der Waals surface area (Å²) in [5, 5.41) is 8.92. The molecule has 1 fully saturated rings. The number of carboxylic acids is 1. The maximum absolute atomic E-state index is 12.4. The average Bonchev–Trinajstić information content (AvgIpc) is 3.09. The zero-order chi connectivity index (χ0) is 17.6. The number of hydrogen-bond donors (Lipinski definition) is 1. The fourth-order valence-electron chi connectivity index (χ4n) is 3.36. The molecule has 0 spiro atoms. The average molecular weight is 341 g/mol. The number of aryl methyl sites for hydroxylation is 1. The summed E-state index contributed by atoms with van der Waals surface area (Å²) in [6.45, 7) is 1.28. The third-order valence-electron chi connectivity index (χ3n) is 4.64. The molecule has 5 heteroatoms. The van der Waals surface area contributed by atoms with E-state index in [-0.39, 0.29) is 18.2 Å². The molecule has 1 aromatic heterocycles. The van der Waals surface area contributed by atoms with Crippen LogP contribution in [0, 0.1) is 5.92 Å².